The molecule has 2 aliphatic carbocycles. The van der Waals surface area contributed by atoms with Crippen LogP contribution in [-0.2, 0) is 6.54 Å². The Morgan fingerprint density at radius 1 is 1.15 bits per heavy atom. The minimum Gasteiger partial charge on any atom is -0.489 e. The van der Waals surface area contributed by atoms with E-state index >= 15 is 0 Å². The summed E-state index contributed by atoms with van der Waals surface area (Å²) in [6.45, 7) is 1.25. The molecule has 1 heterocycles. The Hall–Kier alpha value is -2.73. The van der Waals surface area contributed by atoms with E-state index in [9.17, 15) is 0 Å². The van der Waals surface area contributed by atoms with E-state index < -0.39 is 0 Å². The number of nitrogens with two attached hydrogens (primary N) is 1. The number of ether oxygens (including phenoxy) is 1. The van der Waals surface area contributed by atoms with Crippen molar-refractivity contribution in [1.29, 1.82) is 0 Å². The molecular formula is C20H23N5O. The van der Waals surface area contributed by atoms with Gasteiger partial charge in [0, 0.05) is 12.0 Å². The number of rotatable bonds is 7. The Balaban J connectivity index is 1.24. The lowest BCUT2D eigenvalue weighted by atomic mass is 10.1. The third-order valence-corrected chi connectivity index (χ3v) is 4.73. The summed E-state index contributed by atoms with van der Waals surface area (Å²) in [4.78, 5) is 4.16. The van der Waals surface area contributed by atoms with Crippen LogP contribution in [0.2, 0.25) is 0 Å². The molecule has 0 bridgehead atoms. The normalized spacial score (nSPS) is 21.3. The van der Waals surface area contributed by atoms with E-state index in [2.05, 4.69) is 63.0 Å². The lowest BCUT2D eigenvalue weighted by Crippen LogP contribution is -2.19. The minimum atomic E-state index is 0.344. The predicted octanol–water partition coefficient (Wildman–Crippen LogP) is 2.75. The van der Waals surface area contributed by atoms with Crippen LogP contribution in [0.1, 0.15) is 36.6 Å². The van der Waals surface area contributed by atoms with Gasteiger partial charge in [-0.25, -0.2) is 4.98 Å². The quantitative estimate of drug-likeness (QED) is 0.799. The third kappa shape index (κ3) is 4.26. The van der Waals surface area contributed by atoms with Crippen LogP contribution in [0, 0.1) is 0 Å². The summed E-state index contributed by atoms with van der Waals surface area (Å²) in [5, 5.41) is 11.3. The molecule has 0 spiro atoms. The number of hydrogen-bond acceptors (Lipinski definition) is 6. The molecule has 1 unspecified atom stereocenters. The summed E-state index contributed by atoms with van der Waals surface area (Å²) in [6.07, 6.45) is 11.5. The van der Waals surface area contributed by atoms with Crippen LogP contribution in [0.15, 0.2) is 54.3 Å². The van der Waals surface area contributed by atoms with Crippen molar-refractivity contribution in [3.63, 3.8) is 0 Å². The first-order valence-corrected chi connectivity index (χ1v) is 9.04. The summed E-state index contributed by atoms with van der Waals surface area (Å²) in [5.74, 6) is 2.46. The molecule has 6 nitrogen and oxygen atoms in total. The fraction of sp³-hybridized carbons (Fsp3) is 0.350. The molecule has 0 aliphatic heterocycles. The largest absolute Gasteiger partial charge is 0.489 e. The zero-order valence-electron chi connectivity index (χ0n) is 14.6. The van der Waals surface area contributed by atoms with Crippen LogP contribution in [-0.4, -0.2) is 27.8 Å². The summed E-state index contributed by atoms with van der Waals surface area (Å²) in [6, 6.07) is 8.90. The van der Waals surface area contributed by atoms with Crippen LogP contribution >= 0.6 is 0 Å². The number of benzene rings is 1. The van der Waals surface area contributed by atoms with E-state index in [1.165, 1.54) is 17.3 Å². The molecule has 1 saturated carbocycles. The first kappa shape index (κ1) is 16.7. The van der Waals surface area contributed by atoms with Crippen LogP contribution in [0.5, 0.6) is 5.75 Å². The molecule has 6 heteroatoms. The zero-order valence-corrected chi connectivity index (χ0v) is 14.6. The molecule has 2 aromatic rings. The maximum Gasteiger partial charge on any atom is 0.164 e. The molecule has 26 heavy (non-hydrogen) atoms. The lowest BCUT2D eigenvalue weighted by Gasteiger charge is -2.10. The van der Waals surface area contributed by atoms with Gasteiger partial charge in [-0.15, -0.1) is 10.2 Å². The van der Waals surface area contributed by atoms with Gasteiger partial charge in [-0.05, 0) is 42.5 Å². The molecule has 0 saturated heterocycles. The molecule has 0 radical (unpaired) electrons. The molecule has 4 rings (SSSR count). The number of anilines is 1. The highest BCUT2D eigenvalue weighted by atomic mass is 16.5. The highest BCUT2D eigenvalue weighted by Gasteiger charge is 2.37. The number of nitrogens with one attached hydrogen (secondary N) is 1. The monoisotopic (exact) mass is 349 g/mol. The Morgan fingerprint density at radius 3 is 2.77 bits per heavy atom. The van der Waals surface area contributed by atoms with Crippen molar-refractivity contribution in [3.05, 3.63) is 65.7 Å². The van der Waals surface area contributed by atoms with E-state index in [4.69, 9.17) is 10.5 Å². The fourth-order valence-electron chi connectivity index (χ4n) is 3.15. The first-order chi connectivity index (χ1) is 12.8. The van der Waals surface area contributed by atoms with Crippen LogP contribution < -0.4 is 15.8 Å². The van der Waals surface area contributed by atoms with E-state index in [1.54, 1.807) is 0 Å². The summed E-state index contributed by atoms with van der Waals surface area (Å²) in [5.41, 5.74) is 8.09. The summed E-state index contributed by atoms with van der Waals surface area (Å²) < 4.78 is 5.87. The highest BCUT2D eigenvalue weighted by molar-refractivity contribution is 5.34. The number of nitrogen functional groups attached to an aromatic ring is 1. The molecule has 0 amide bonds. The molecule has 3 N–H and O–H groups in total. The lowest BCUT2D eigenvalue weighted by molar-refractivity contribution is 0.354. The second-order valence-corrected chi connectivity index (χ2v) is 6.75. The van der Waals surface area contributed by atoms with Gasteiger partial charge in [0.2, 0.25) is 0 Å². The Morgan fingerprint density at radius 2 is 2.04 bits per heavy atom. The summed E-state index contributed by atoms with van der Waals surface area (Å²) in [7, 11) is 0. The Labute approximate surface area is 153 Å². The van der Waals surface area contributed by atoms with Gasteiger partial charge < -0.3 is 15.8 Å². The van der Waals surface area contributed by atoms with E-state index in [0.717, 1.165) is 25.0 Å². The van der Waals surface area contributed by atoms with Gasteiger partial charge in [0.15, 0.2) is 11.6 Å². The van der Waals surface area contributed by atoms with Crippen molar-refractivity contribution < 1.29 is 4.74 Å². The smallest absolute Gasteiger partial charge is 0.164 e. The van der Waals surface area contributed by atoms with Gasteiger partial charge in [0.25, 0.3) is 0 Å². The van der Waals surface area contributed by atoms with Crippen LogP contribution in [0.3, 0.4) is 0 Å². The third-order valence-electron chi connectivity index (χ3n) is 4.73. The standard InChI is InChI=1S/C20H23N5O/c21-19-11-23-20(25-24-19)12-22-18-10-17(18)15-6-8-16(9-7-15)26-13-14-4-2-1-3-5-14/h2,4-9,11,17-18,22H,1,3,10,12-13H2,(H2,21,24)/t17?,18-/m0/s1. The van der Waals surface area contributed by atoms with Crippen LogP contribution in [0.25, 0.3) is 0 Å². The maximum atomic E-state index is 5.87. The number of allylic oxidation sites excluding steroid dienone is 2. The summed E-state index contributed by atoms with van der Waals surface area (Å²) >= 11 is 0. The maximum absolute atomic E-state index is 5.87. The fourth-order valence-corrected chi connectivity index (χ4v) is 3.15. The van der Waals surface area contributed by atoms with Crippen molar-refractivity contribution in [2.24, 2.45) is 0 Å². The number of hydrogen-bond donors (Lipinski definition) is 2. The second kappa shape index (κ2) is 7.66. The van der Waals surface area contributed by atoms with Crippen molar-refractivity contribution in [1.82, 2.24) is 20.5 Å². The molecular weight excluding hydrogens is 326 g/mol. The first-order valence-electron chi connectivity index (χ1n) is 9.04. The number of aromatic nitrogens is 3. The molecule has 1 aromatic heterocycles. The number of nitrogens with zero attached hydrogens (tertiary/aromatic N) is 3. The zero-order chi connectivity index (χ0) is 17.8. The molecule has 134 valence electrons. The van der Waals surface area contributed by atoms with Crippen molar-refractivity contribution in [3.8, 4) is 5.75 Å². The van der Waals surface area contributed by atoms with E-state index in [-0.39, 0.29) is 0 Å². The molecule has 1 aromatic carbocycles. The molecule has 2 aliphatic rings. The van der Waals surface area contributed by atoms with Crippen molar-refractivity contribution in [2.45, 2.75) is 37.8 Å². The Kier molecular flexibility index (Phi) is 4.93. The molecule has 2 atom stereocenters. The van der Waals surface area contributed by atoms with E-state index in [1.807, 2.05) is 0 Å². The highest BCUT2D eigenvalue weighted by Crippen LogP contribution is 2.41. The topological polar surface area (TPSA) is 86.0 Å². The van der Waals surface area contributed by atoms with Crippen molar-refractivity contribution >= 4 is 5.82 Å². The predicted molar refractivity (Wildman–Crippen MR) is 101 cm³/mol. The van der Waals surface area contributed by atoms with Crippen LogP contribution in [0.4, 0.5) is 5.82 Å². The van der Waals surface area contributed by atoms with Gasteiger partial charge in [-0.2, -0.15) is 0 Å². The second-order valence-electron chi connectivity index (χ2n) is 6.75. The SMILES string of the molecule is Nc1cnc(CN[C@H]2CC2c2ccc(OCC3=CCCC=C3)cc2)nn1. The van der Waals surface area contributed by atoms with Gasteiger partial charge in [-0.3, -0.25) is 0 Å². The van der Waals surface area contributed by atoms with Crippen molar-refractivity contribution in [2.75, 3.05) is 12.3 Å². The van der Waals surface area contributed by atoms with Gasteiger partial charge in [-0.1, -0.05) is 30.4 Å². The van der Waals surface area contributed by atoms with Gasteiger partial charge in [0.05, 0.1) is 12.7 Å². The molecule has 1 fully saturated rings. The average molecular weight is 349 g/mol. The van der Waals surface area contributed by atoms with Gasteiger partial charge >= 0.3 is 0 Å². The van der Waals surface area contributed by atoms with E-state index in [0.29, 0.717) is 36.8 Å². The van der Waals surface area contributed by atoms with Gasteiger partial charge in [0.1, 0.15) is 12.4 Å². The average Bonchev–Trinajstić information content (AvgIpc) is 3.47. The Bertz CT molecular complexity index is 798. The minimum absolute atomic E-state index is 0.344.